The largest absolute Gasteiger partial charge is 0.370 e. The van der Waals surface area contributed by atoms with Crippen LogP contribution in [0.2, 0.25) is 0 Å². The van der Waals surface area contributed by atoms with E-state index in [0.717, 1.165) is 24.5 Å². The van der Waals surface area contributed by atoms with Gasteiger partial charge in [-0.25, -0.2) is 4.98 Å². The van der Waals surface area contributed by atoms with Crippen molar-refractivity contribution in [3.63, 3.8) is 0 Å². The Kier molecular flexibility index (Phi) is 4.41. The Morgan fingerprint density at radius 1 is 1.17 bits per heavy atom. The fourth-order valence-corrected chi connectivity index (χ4v) is 2.20. The molecule has 0 spiro atoms. The minimum absolute atomic E-state index is 0.685. The van der Waals surface area contributed by atoms with Crippen LogP contribution in [0.3, 0.4) is 0 Å². The Morgan fingerprint density at radius 2 is 1.94 bits per heavy atom. The highest BCUT2D eigenvalue weighted by molar-refractivity contribution is 7.13. The van der Waals surface area contributed by atoms with E-state index in [-0.39, 0.29) is 0 Å². The number of aromatic nitrogens is 1. The summed E-state index contributed by atoms with van der Waals surface area (Å²) in [7, 11) is 0. The Bertz CT molecular complexity index is 503. The molecule has 94 valence electrons. The second kappa shape index (κ2) is 6.26. The minimum atomic E-state index is 0.685. The zero-order valence-corrected chi connectivity index (χ0v) is 11.4. The molecule has 2 aromatic rings. The zero-order chi connectivity index (χ0) is 12.8. The quantitative estimate of drug-likeness (QED) is 0.747. The van der Waals surface area contributed by atoms with Crippen LogP contribution < -0.4 is 4.90 Å². The van der Waals surface area contributed by atoms with Gasteiger partial charge in [-0.2, -0.15) is 0 Å². The highest BCUT2D eigenvalue weighted by Gasteiger charge is 2.06. The van der Waals surface area contributed by atoms with E-state index in [1.807, 2.05) is 23.6 Å². The first-order chi connectivity index (χ1) is 8.85. The maximum absolute atomic E-state index is 4.30. The molecule has 0 fully saturated rings. The van der Waals surface area contributed by atoms with Crippen molar-refractivity contribution >= 4 is 27.8 Å². The number of thiazole rings is 1. The third kappa shape index (κ3) is 2.92. The van der Waals surface area contributed by atoms with E-state index in [1.54, 1.807) is 6.20 Å². The van der Waals surface area contributed by atoms with Crippen LogP contribution in [0.4, 0.5) is 16.5 Å². The molecule has 0 aliphatic carbocycles. The van der Waals surface area contributed by atoms with Gasteiger partial charge in [0, 0.05) is 24.7 Å². The molecule has 1 heterocycles. The van der Waals surface area contributed by atoms with Gasteiger partial charge in [0.1, 0.15) is 5.69 Å². The second-order valence-electron chi connectivity index (χ2n) is 3.68. The van der Waals surface area contributed by atoms with Crippen molar-refractivity contribution in [2.24, 2.45) is 10.2 Å². The van der Waals surface area contributed by atoms with Crippen molar-refractivity contribution in [2.45, 2.75) is 13.8 Å². The third-order valence-electron chi connectivity index (χ3n) is 2.65. The summed E-state index contributed by atoms with van der Waals surface area (Å²) in [5, 5.41) is 11.0. The standard InChI is InChI=1S/C13H16N4S/c1-3-17(4-2)12-8-6-5-7-11(12)15-16-13-14-9-10-18-13/h5-10H,3-4H2,1-2H3. The topological polar surface area (TPSA) is 40.9 Å². The van der Waals surface area contributed by atoms with Gasteiger partial charge >= 0.3 is 0 Å². The smallest absolute Gasteiger partial charge is 0.229 e. The van der Waals surface area contributed by atoms with E-state index in [9.17, 15) is 0 Å². The molecule has 2 rings (SSSR count). The van der Waals surface area contributed by atoms with Crippen LogP contribution in [-0.4, -0.2) is 18.1 Å². The SMILES string of the molecule is CCN(CC)c1ccccc1N=Nc1nccs1. The predicted octanol–water partition coefficient (Wildman–Crippen LogP) is 4.40. The van der Waals surface area contributed by atoms with E-state index in [2.05, 4.69) is 40.0 Å². The van der Waals surface area contributed by atoms with E-state index in [1.165, 1.54) is 11.3 Å². The van der Waals surface area contributed by atoms with Gasteiger partial charge in [0.15, 0.2) is 0 Å². The van der Waals surface area contributed by atoms with Gasteiger partial charge in [0.2, 0.25) is 5.13 Å². The summed E-state index contributed by atoms with van der Waals surface area (Å²) in [6.07, 6.45) is 1.73. The number of benzene rings is 1. The Morgan fingerprint density at radius 3 is 2.61 bits per heavy atom. The van der Waals surface area contributed by atoms with Gasteiger partial charge in [0.05, 0.1) is 5.69 Å². The molecule has 0 amide bonds. The molecule has 5 heteroatoms. The van der Waals surface area contributed by atoms with Crippen molar-refractivity contribution in [1.82, 2.24) is 4.98 Å². The maximum Gasteiger partial charge on any atom is 0.229 e. The molecule has 0 bridgehead atoms. The molecule has 0 N–H and O–H groups in total. The van der Waals surface area contributed by atoms with Crippen molar-refractivity contribution in [2.75, 3.05) is 18.0 Å². The summed E-state index contributed by atoms with van der Waals surface area (Å²) in [5.74, 6) is 0. The number of para-hydroxylation sites is 1. The summed E-state index contributed by atoms with van der Waals surface area (Å²) in [4.78, 5) is 6.35. The van der Waals surface area contributed by atoms with Gasteiger partial charge in [0.25, 0.3) is 0 Å². The molecule has 1 aromatic carbocycles. The van der Waals surface area contributed by atoms with Crippen LogP contribution in [0.5, 0.6) is 0 Å². The van der Waals surface area contributed by atoms with E-state index < -0.39 is 0 Å². The highest BCUT2D eigenvalue weighted by Crippen LogP contribution is 2.30. The summed E-state index contributed by atoms with van der Waals surface area (Å²) < 4.78 is 0. The molecule has 0 saturated carbocycles. The maximum atomic E-state index is 4.30. The lowest BCUT2D eigenvalue weighted by Crippen LogP contribution is -2.21. The summed E-state index contributed by atoms with van der Waals surface area (Å²) in [5.41, 5.74) is 2.00. The average molecular weight is 260 g/mol. The van der Waals surface area contributed by atoms with Crippen LogP contribution in [0.1, 0.15) is 13.8 Å². The van der Waals surface area contributed by atoms with Crippen LogP contribution in [-0.2, 0) is 0 Å². The second-order valence-corrected chi connectivity index (χ2v) is 4.55. The number of hydrogen-bond acceptors (Lipinski definition) is 5. The Hall–Kier alpha value is -1.75. The first kappa shape index (κ1) is 12.7. The number of anilines is 1. The molecule has 0 saturated heterocycles. The molecular weight excluding hydrogens is 244 g/mol. The molecule has 0 aliphatic heterocycles. The molecule has 4 nitrogen and oxygen atoms in total. The molecule has 0 atom stereocenters. The normalized spacial score (nSPS) is 11.0. The predicted molar refractivity (Wildman–Crippen MR) is 76.3 cm³/mol. The Labute approximate surface area is 111 Å². The lowest BCUT2D eigenvalue weighted by molar-refractivity contribution is 0.865. The summed E-state index contributed by atoms with van der Waals surface area (Å²) >= 11 is 1.48. The van der Waals surface area contributed by atoms with Crippen molar-refractivity contribution in [1.29, 1.82) is 0 Å². The molecular formula is C13H16N4S. The van der Waals surface area contributed by atoms with Crippen LogP contribution in [0.25, 0.3) is 0 Å². The van der Waals surface area contributed by atoms with Crippen LogP contribution >= 0.6 is 11.3 Å². The van der Waals surface area contributed by atoms with E-state index >= 15 is 0 Å². The molecule has 0 unspecified atom stereocenters. The first-order valence-corrected chi connectivity index (χ1v) is 6.88. The van der Waals surface area contributed by atoms with Gasteiger partial charge in [-0.3, -0.25) is 0 Å². The van der Waals surface area contributed by atoms with Crippen molar-refractivity contribution in [3.8, 4) is 0 Å². The van der Waals surface area contributed by atoms with Crippen molar-refractivity contribution in [3.05, 3.63) is 35.8 Å². The average Bonchev–Trinajstić information content (AvgIpc) is 2.92. The third-order valence-corrected chi connectivity index (χ3v) is 3.30. The lowest BCUT2D eigenvalue weighted by Gasteiger charge is -2.21. The molecule has 0 aliphatic rings. The molecule has 18 heavy (non-hydrogen) atoms. The summed E-state index contributed by atoms with van der Waals surface area (Å²) in [6.45, 7) is 6.19. The van der Waals surface area contributed by atoms with E-state index in [0.29, 0.717) is 5.13 Å². The van der Waals surface area contributed by atoms with Gasteiger partial charge in [-0.1, -0.05) is 12.1 Å². The highest BCUT2D eigenvalue weighted by atomic mass is 32.1. The fraction of sp³-hybridized carbons (Fsp3) is 0.308. The van der Waals surface area contributed by atoms with Gasteiger partial charge < -0.3 is 4.90 Å². The molecule has 0 radical (unpaired) electrons. The van der Waals surface area contributed by atoms with Gasteiger partial charge in [-0.15, -0.1) is 21.6 Å². The minimum Gasteiger partial charge on any atom is -0.370 e. The number of azo groups is 1. The van der Waals surface area contributed by atoms with Crippen LogP contribution in [0, 0.1) is 0 Å². The van der Waals surface area contributed by atoms with Crippen molar-refractivity contribution < 1.29 is 0 Å². The fourth-order valence-electron chi connectivity index (χ4n) is 1.74. The Balaban J connectivity index is 2.27. The summed E-state index contributed by atoms with van der Waals surface area (Å²) in [6, 6.07) is 8.05. The first-order valence-electron chi connectivity index (χ1n) is 6.00. The number of rotatable bonds is 5. The lowest BCUT2D eigenvalue weighted by atomic mass is 10.2. The zero-order valence-electron chi connectivity index (χ0n) is 10.6. The monoisotopic (exact) mass is 260 g/mol. The molecule has 1 aromatic heterocycles. The van der Waals surface area contributed by atoms with Crippen LogP contribution in [0.15, 0.2) is 46.1 Å². The van der Waals surface area contributed by atoms with E-state index in [4.69, 9.17) is 0 Å². The van der Waals surface area contributed by atoms with Gasteiger partial charge in [-0.05, 0) is 26.0 Å². The number of hydrogen-bond donors (Lipinski definition) is 0. The number of nitrogens with zero attached hydrogens (tertiary/aromatic N) is 4.